The van der Waals surface area contributed by atoms with Gasteiger partial charge in [0.2, 0.25) is 5.91 Å². The number of nitrogens with zero attached hydrogens (tertiary/aromatic N) is 4. The van der Waals surface area contributed by atoms with Crippen LogP contribution in [0.3, 0.4) is 0 Å². The van der Waals surface area contributed by atoms with E-state index in [-0.39, 0.29) is 24.8 Å². The van der Waals surface area contributed by atoms with Crippen LogP contribution < -0.4 is 10.2 Å². The van der Waals surface area contributed by atoms with E-state index < -0.39 is 12.0 Å². The van der Waals surface area contributed by atoms with Crippen LogP contribution in [0.4, 0.5) is 11.4 Å². The maximum absolute atomic E-state index is 13.7. The van der Waals surface area contributed by atoms with E-state index in [9.17, 15) is 14.4 Å². The molecule has 2 saturated heterocycles. The number of hydrogen-bond acceptors (Lipinski definition) is 7. The van der Waals surface area contributed by atoms with Crippen molar-refractivity contribution in [2.45, 2.75) is 32.7 Å². The van der Waals surface area contributed by atoms with Gasteiger partial charge in [0.1, 0.15) is 6.04 Å². The standard InChI is InChI=1S/C29H36ClN5O4S/c1-3-32-16-18-33(19-17-32)14-5-15-34-25(20-26(36)31-23-10-8-22(30)9-11-23)27(37)35(29(34)40)24-12-6-21(7-13-24)28(38)39-4-2/h6-13,25H,3-5,14-20H2,1-2H3,(H,31,36). The van der Waals surface area contributed by atoms with Gasteiger partial charge in [0.25, 0.3) is 5.91 Å². The fourth-order valence-electron chi connectivity index (χ4n) is 5.00. The van der Waals surface area contributed by atoms with Gasteiger partial charge >= 0.3 is 5.97 Å². The predicted octanol–water partition coefficient (Wildman–Crippen LogP) is 3.88. The van der Waals surface area contributed by atoms with Gasteiger partial charge in [-0.05, 0) is 87.2 Å². The van der Waals surface area contributed by atoms with Gasteiger partial charge in [0.05, 0.1) is 24.3 Å². The average molecular weight is 586 g/mol. The van der Waals surface area contributed by atoms with Crippen molar-refractivity contribution in [2.75, 3.05) is 62.6 Å². The Hall–Kier alpha value is -3.05. The van der Waals surface area contributed by atoms with Gasteiger partial charge in [-0.25, -0.2) is 4.79 Å². The number of ether oxygens (including phenoxy) is 1. The van der Waals surface area contributed by atoms with Crippen LogP contribution in [0.15, 0.2) is 48.5 Å². The second kappa shape index (κ2) is 14.0. The Kier molecular flexibility index (Phi) is 10.5. The highest BCUT2D eigenvalue weighted by molar-refractivity contribution is 7.80. The summed E-state index contributed by atoms with van der Waals surface area (Å²) in [5.74, 6) is -0.983. The van der Waals surface area contributed by atoms with Crippen molar-refractivity contribution in [3.8, 4) is 0 Å². The van der Waals surface area contributed by atoms with Gasteiger partial charge in [0.15, 0.2) is 5.11 Å². The summed E-state index contributed by atoms with van der Waals surface area (Å²) in [5, 5.41) is 3.78. The summed E-state index contributed by atoms with van der Waals surface area (Å²) in [6, 6.07) is 12.7. The molecule has 0 bridgehead atoms. The lowest BCUT2D eigenvalue weighted by molar-refractivity contribution is -0.124. The number of amides is 2. The fourth-order valence-corrected chi connectivity index (χ4v) is 5.54. The van der Waals surface area contributed by atoms with Crippen LogP contribution in [-0.4, -0.2) is 96.1 Å². The molecule has 9 nitrogen and oxygen atoms in total. The molecule has 0 aliphatic carbocycles. The van der Waals surface area contributed by atoms with Crippen LogP contribution in [0.25, 0.3) is 0 Å². The third-order valence-electron chi connectivity index (χ3n) is 7.25. The zero-order valence-electron chi connectivity index (χ0n) is 23.0. The largest absolute Gasteiger partial charge is 0.462 e. The van der Waals surface area contributed by atoms with Crippen LogP contribution >= 0.6 is 23.8 Å². The third kappa shape index (κ3) is 7.37. The van der Waals surface area contributed by atoms with E-state index in [1.165, 1.54) is 4.90 Å². The van der Waals surface area contributed by atoms with Gasteiger partial charge in [-0.1, -0.05) is 18.5 Å². The molecule has 2 aromatic carbocycles. The van der Waals surface area contributed by atoms with Crippen LogP contribution in [0.5, 0.6) is 0 Å². The number of nitrogens with one attached hydrogen (secondary N) is 1. The first-order valence-corrected chi connectivity index (χ1v) is 14.5. The molecular formula is C29H36ClN5O4S. The maximum atomic E-state index is 13.7. The topological polar surface area (TPSA) is 85.4 Å². The SMILES string of the molecule is CCOC(=O)c1ccc(N2C(=O)C(CC(=O)Nc3ccc(Cl)cc3)N(CCCN3CCN(CC)CC3)C2=S)cc1. The molecule has 214 valence electrons. The summed E-state index contributed by atoms with van der Waals surface area (Å²) in [6.07, 6.45) is 0.763. The van der Waals surface area contributed by atoms with E-state index in [2.05, 4.69) is 22.0 Å². The lowest BCUT2D eigenvalue weighted by atomic mass is 10.1. The molecule has 0 spiro atoms. The minimum Gasteiger partial charge on any atom is -0.462 e. The molecule has 2 fully saturated rings. The minimum absolute atomic E-state index is 0.0474. The van der Waals surface area contributed by atoms with Crippen molar-refractivity contribution < 1.29 is 19.1 Å². The molecule has 1 atom stereocenters. The van der Waals surface area contributed by atoms with Gasteiger partial charge in [0, 0.05) is 43.4 Å². The summed E-state index contributed by atoms with van der Waals surface area (Å²) >= 11 is 11.8. The molecule has 2 aliphatic rings. The normalized spacial score (nSPS) is 18.3. The summed E-state index contributed by atoms with van der Waals surface area (Å²) < 4.78 is 5.06. The Morgan fingerprint density at radius 3 is 2.25 bits per heavy atom. The van der Waals surface area contributed by atoms with Gasteiger partial charge in [-0.3, -0.25) is 14.5 Å². The van der Waals surface area contributed by atoms with E-state index in [1.807, 2.05) is 4.90 Å². The number of carbonyl (C=O) groups excluding carboxylic acids is 3. The maximum Gasteiger partial charge on any atom is 0.338 e. The molecular weight excluding hydrogens is 550 g/mol. The second-order valence-corrected chi connectivity index (χ2v) is 10.6. The predicted molar refractivity (Wildman–Crippen MR) is 161 cm³/mol. The summed E-state index contributed by atoms with van der Waals surface area (Å²) in [6.45, 7) is 10.9. The van der Waals surface area contributed by atoms with Crippen LogP contribution in [0.2, 0.25) is 5.02 Å². The summed E-state index contributed by atoms with van der Waals surface area (Å²) in [7, 11) is 0. The molecule has 2 amide bonds. The molecule has 1 unspecified atom stereocenters. The van der Waals surface area contributed by atoms with Crippen molar-refractivity contribution in [1.29, 1.82) is 0 Å². The van der Waals surface area contributed by atoms with Crippen LogP contribution in [-0.2, 0) is 14.3 Å². The zero-order chi connectivity index (χ0) is 28.6. The van der Waals surface area contributed by atoms with E-state index in [0.29, 0.717) is 33.6 Å². The Morgan fingerprint density at radius 2 is 1.62 bits per heavy atom. The highest BCUT2D eigenvalue weighted by Crippen LogP contribution is 2.28. The monoisotopic (exact) mass is 585 g/mol. The van der Waals surface area contributed by atoms with Crippen LogP contribution in [0, 0.1) is 0 Å². The summed E-state index contributed by atoms with van der Waals surface area (Å²) in [5.41, 5.74) is 1.54. The lowest BCUT2D eigenvalue weighted by Crippen LogP contribution is -2.47. The Morgan fingerprint density at radius 1 is 0.975 bits per heavy atom. The zero-order valence-corrected chi connectivity index (χ0v) is 24.5. The Balaban J connectivity index is 1.47. The molecule has 11 heteroatoms. The number of likely N-dealkylation sites (N-methyl/N-ethyl adjacent to an activating group) is 1. The number of benzene rings is 2. The summed E-state index contributed by atoms with van der Waals surface area (Å²) in [4.78, 5) is 47.0. The molecule has 0 radical (unpaired) electrons. The molecule has 2 heterocycles. The number of carbonyl (C=O) groups is 3. The quantitative estimate of drug-likeness (QED) is 0.314. The van der Waals surface area contributed by atoms with Crippen molar-refractivity contribution in [3.05, 3.63) is 59.1 Å². The van der Waals surface area contributed by atoms with Gasteiger partial charge in [-0.15, -0.1) is 0 Å². The Bertz CT molecular complexity index is 1200. The van der Waals surface area contributed by atoms with E-state index in [0.717, 1.165) is 45.7 Å². The van der Waals surface area contributed by atoms with Crippen LogP contribution in [0.1, 0.15) is 37.0 Å². The molecule has 40 heavy (non-hydrogen) atoms. The van der Waals surface area contributed by atoms with Crippen molar-refractivity contribution in [2.24, 2.45) is 0 Å². The van der Waals surface area contributed by atoms with Crippen molar-refractivity contribution in [1.82, 2.24) is 14.7 Å². The molecule has 2 aromatic rings. The minimum atomic E-state index is -0.735. The molecule has 0 aromatic heterocycles. The third-order valence-corrected chi connectivity index (χ3v) is 7.92. The highest BCUT2D eigenvalue weighted by atomic mass is 35.5. The number of esters is 1. The molecule has 4 rings (SSSR count). The first-order chi connectivity index (χ1) is 19.3. The highest BCUT2D eigenvalue weighted by Gasteiger charge is 2.44. The first-order valence-electron chi connectivity index (χ1n) is 13.7. The number of hydrogen-bond donors (Lipinski definition) is 1. The molecule has 0 saturated carbocycles. The van der Waals surface area contributed by atoms with E-state index >= 15 is 0 Å². The second-order valence-electron chi connectivity index (χ2n) is 9.82. The smallest absolute Gasteiger partial charge is 0.338 e. The average Bonchev–Trinajstić information content (AvgIpc) is 3.18. The lowest BCUT2D eigenvalue weighted by Gasteiger charge is -2.34. The number of rotatable bonds is 11. The number of halogens is 1. The fraction of sp³-hybridized carbons (Fsp3) is 0.448. The van der Waals surface area contributed by atoms with Gasteiger partial charge < -0.3 is 24.8 Å². The number of anilines is 2. The number of thiocarbonyl (C=S) groups is 1. The van der Waals surface area contributed by atoms with Crippen molar-refractivity contribution in [3.63, 3.8) is 0 Å². The first kappa shape index (κ1) is 29.9. The van der Waals surface area contributed by atoms with Gasteiger partial charge in [-0.2, -0.15) is 0 Å². The molecule has 1 N–H and O–H groups in total. The Labute approximate surface area is 246 Å². The van der Waals surface area contributed by atoms with E-state index in [1.54, 1.807) is 55.5 Å². The van der Waals surface area contributed by atoms with Crippen molar-refractivity contribution >= 4 is 58.1 Å². The number of piperazine rings is 1. The molecule has 2 aliphatic heterocycles. The van der Waals surface area contributed by atoms with E-state index in [4.69, 9.17) is 28.6 Å².